The zero-order valence-corrected chi connectivity index (χ0v) is 12.3. The van der Waals surface area contributed by atoms with Crippen LogP contribution in [0.2, 0.25) is 0 Å². The van der Waals surface area contributed by atoms with E-state index in [9.17, 15) is 4.79 Å². The first-order valence-electron chi connectivity index (χ1n) is 4.37. The van der Waals surface area contributed by atoms with Crippen LogP contribution in [-0.4, -0.2) is 22.7 Å². The van der Waals surface area contributed by atoms with Crippen molar-refractivity contribution in [1.82, 2.24) is 4.98 Å². The number of carbonyl (C=O) groups is 1. The highest BCUT2D eigenvalue weighted by Crippen LogP contribution is 2.28. The highest BCUT2D eigenvalue weighted by molar-refractivity contribution is 14.1. The van der Waals surface area contributed by atoms with Gasteiger partial charge in [0.2, 0.25) is 5.91 Å². The molecule has 0 aromatic carbocycles. The average molecular weight is 399 g/mol. The van der Waals surface area contributed by atoms with Gasteiger partial charge in [-0.2, -0.15) is 12.6 Å². The topological polar surface area (TPSA) is 33.2 Å². The maximum atomic E-state index is 11.6. The number of nitrogens with zero attached hydrogens (tertiary/aromatic N) is 2. The molecule has 1 aromatic heterocycles. The molecule has 1 aliphatic rings. The lowest BCUT2D eigenvalue weighted by Gasteiger charge is -2.16. The van der Waals surface area contributed by atoms with E-state index in [1.165, 1.54) is 0 Å². The second-order valence-corrected chi connectivity index (χ2v) is 6.13. The zero-order valence-electron chi connectivity index (χ0n) is 7.65. The van der Waals surface area contributed by atoms with Gasteiger partial charge < -0.3 is 0 Å². The number of amides is 1. The molecule has 1 saturated heterocycles. The van der Waals surface area contributed by atoms with Crippen LogP contribution >= 0.6 is 51.1 Å². The summed E-state index contributed by atoms with van der Waals surface area (Å²) in [6.45, 7) is 0.645. The lowest BCUT2D eigenvalue weighted by atomic mass is 10.4. The highest BCUT2D eigenvalue weighted by atomic mass is 127. The van der Waals surface area contributed by atoms with Crippen LogP contribution < -0.4 is 4.90 Å². The second-order valence-electron chi connectivity index (χ2n) is 3.32. The molecule has 1 fully saturated rings. The van der Waals surface area contributed by atoms with E-state index < -0.39 is 0 Å². The fraction of sp³-hybridized carbons (Fsp3) is 0.333. The minimum Gasteiger partial charge on any atom is -0.295 e. The van der Waals surface area contributed by atoms with Gasteiger partial charge in [-0.1, -0.05) is 0 Å². The fourth-order valence-electron chi connectivity index (χ4n) is 1.50. The normalized spacial score (nSPS) is 21.1. The number of aromatic nitrogens is 1. The third kappa shape index (κ3) is 2.47. The largest absolute Gasteiger partial charge is 0.295 e. The molecule has 2 rings (SSSR count). The van der Waals surface area contributed by atoms with E-state index in [0.29, 0.717) is 13.0 Å². The van der Waals surface area contributed by atoms with Gasteiger partial charge in [0, 0.05) is 28.9 Å². The standard InChI is InChI=1S/C9H8BrIN2OS/c10-5-1-7(11)9(12-3-5)13-4-6(15)2-8(13)14/h1,3,6,15H,2,4H2. The number of pyridine rings is 1. The summed E-state index contributed by atoms with van der Waals surface area (Å²) in [5, 5.41) is 0.124. The van der Waals surface area contributed by atoms with E-state index in [1.807, 2.05) is 6.07 Å². The van der Waals surface area contributed by atoms with E-state index in [1.54, 1.807) is 11.1 Å². The lowest BCUT2D eigenvalue weighted by molar-refractivity contribution is -0.117. The summed E-state index contributed by atoms with van der Waals surface area (Å²) < 4.78 is 1.89. The molecule has 1 aromatic rings. The molecule has 1 unspecified atom stereocenters. The van der Waals surface area contributed by atoms with E-state index in [-0.39, 0.29) is 11.2 Å². The summed E-state index contributed by atoms with van der Waals surface area (Å²) in [4.78, 5) is 17.6. The van der Waals surface area contributed by atoms with Crippen molar-refractivity contribution < 1.29 is 4.79 Å². The third-order valence-electron chi connectivity index (χ3n) is 2.15. The van der Waals surface area contributed by atoms with Gasteiger partial charge in [0.1, 0.15) is 5.82 Å². The van der Waals surface area contributed by atoms with Gasteiger partial charge in [0.15, 0.2) is 0 Å². The Morgan fingerprint density at radius 3 is 2.93 bits per heavy atom. The Morgan fingerprint density at radius 1 is 1.67 bits per heavy atom. The molecule has 0 spiro atoms. The van der Waals surface area contributed by atoms with Crippen LogP contribution in [0.1, 0.15) is 6.42 Å². The summed E-state index contributed by atoms with van der Waals surface area (Å²) in [5.41, 5.74) is 0. The van der Waals surface area contributed by atoms with Crippen molar-refractivity contribution in [3.05, 3.63) is 20.3 Å². The molecule has 3 nitrogen and oxygen atoms in total. The Bertz CT molecular complexity index is 415. The number of halogens is 2. The van der Waals surface area contributed by atoms with Gasteiger partial charge in [-0.25, -0.2) is 4.98 Å². The molecule has 1 atom stereocenters. The number of carbonyl (C=O) groups excluding carboxylic acids is 1. The van der Waals surface area contributed by atoms with E-state index >= 15 is 0 Å². The van der Waals surface area contributed by atoms with Crippen molar-refractivity contribution >= 4 is 62.9 Å². The van der Waals surface area contributed by atoms with Gasteiger partial charge in [0.05, 0.1) is 3.57 Å². The monoisotopic (exact) mass is 398 g/mol. The number of rotatable bonds is 1. The van der Waals surface area contributed by atoms with Crippen LogP contribution in [0.3, 0.4) is 0 Å². The zero-order chi connectivity index (χ0) is 11.0. The predicted octanol–water partition coefficient (Wildman–Crippen LogP) is 2.48. The van der Waals surface area contributed by atoms with Gasteiger partial charge in [-0.15, -0.1) is 0 Å². The van der Waals surface area contributed by atoms with Crippen molar-refractivity contribution in [3.8, 4) is 0 Å². The highest BCUT2D eigenvalue weighted by Gasteiger charge is 2.30. The molecular weight excluding hydrogens is 391 g/mol. The smallest absolute Gasteiger partial charge is 0.229 e. The van der Waals surface area contributed by atoms with E-state index in [2.05, 4.69) is 56.1 Å². The Hall–Kier alpha value is 0.180. The molecule has 0 radical (unpaired) electrons. The minimum atomic E-state index is 0.0998. The molecule has 0 aliphatic carbocycles. The van der Waals surface area contributed by atoms with Gasteiger partial charge in [-0.3, -0.25) is 9.69 Å². The Kier molecular flexibility index (Phi) is 3.56. The maximum Gasteiger partial charge on any atom is 0.229 e. The minimum absolute atomic E-state index is 0.0998. The fourth-order valence-corrected chi connectivity index (χ4v) is 3.34. The van der Waals surface area contributed by atoms with Crippen molar-refractivity contribution in [2.24, 2.45) is 0 Å². The van der Waals surface area contributed by atoms with Crippen LogP contribution in [0.15, 0.2) is 16.7 Å². The molecule has 6 heteroatoms. The van der Waals surface area contributed by atoms with Crippen molar-refractivity contribution in [3.63, 3.8) is 0 Å². The number of anilines is 1. The predicted molar refractivity (Wildman–Crippen MR) is 74.4 cm³/mol. The van der Waals surface area contributed by atoms with E-state index in [0.717, 1.165) is 13.9 Å². The first-order chi connectivity index (χ1) is 7.08. The molecule has 0 saturated carbocycles. The van der Waals surface area contributed by atoms with E-state index in [4.69, 9.17) is 0 Å². The molecule has 0 N–H and O–H groups in total. The Balaban J connectivity index is 2.34. The summed E-state index contributed by atoms with van der Waals surface area (Å²) >= 11 is 9.84. The number of hydrogen-bond donors (Lipinski definition) is 1. The lowest BCUT2D eigenvalue weighted by Crippen LogP contribution is -2.26. The molecule has 1 aliphatic heterocycles. The van der Waals surface area contributed by atoms with Crippen LogP contribution in [0.25, 0.3) is 0 Å². The summed E-state index contributed by atoms with van der Waals surface area (Å²) in [5.74, 6) is 0.836. The average Bonchev–Trinajstić information content (AvgIpc) is 2.45. The number of thiol groups is 1. The van der Waals surface area contributed by atoms with Crippen molar-refractivity contribution in [2.45, 2.75) is 11.7 Å². The molecular formula is C9H8BrIN2OS. The van der Waals surface area contributed by atoms with Gasteiger partial charge >= 0.3 is 0 Å². The molecule has 1 amide bonds. The summed E-state index contributed by atoms with van der Waals surface area (Å²) in [6.07, 6.45) is 2.20. The SMILES string of the molecule is O=C1CC(S)CN1c1ncc(Br)cc1I. The van der Waals surface area contributed by atoms with Gasteiger partial charge in [-0.05, 0) is 44.6 Å². The van der Waals surface area contributed by atoms with Crippen LogP contribution in [0.5, 0.6) is 0 Å². The molecule has 15 heavy (non-hydrogen) atoms. The maximum absolute atomic E-state index is 11.6. The number of hydrogen-bond acceptors (Lipinski definition) is 3. The summed E-state index contributed by atoms with van der Waals surface area (Å²) in [6, 6.07) is 1.95. The molecule has 0 bridgehead atoms. The van der Waals surface area contributed by atoms with Gasteiger partial charge in [0.25, 0.3) is 0 Å². The van der Waals surface area contributed by atoms with Crippen LogP contribution in [0, 0.1) is 3.57 Å². The second kappa shape index (κ2) is 4.58. The van der Waals surface area contributed by atoms with Crippen LogP contribution in [0.4, 0.5) is 5.82 Å². The molecule has 80 valence electrons. The van der Waals surface area contributed by atoms with Crippen LogP contribution in [-0.2, 0) is 4.79 Å². The molecule has 2 heterocycles. The third-order valence-corrected chi connectivity index (χ3v) is 3.72. The first kappa shape index (κ1) is 11.7. The Labute approximate surface area is 115 Å². The first-order valence-corrected chi connectivity index (χ1v) is 6.76. The quantitative estimate of drug-likeness (QED) is 0.582. The van der Waals surface area contributed by atoms with Crippen molar-refractivity contribution in [1.29, 1.82) is 0 Å². The van der Waals surface area contributed by atoms with Crippen molar-refractivity contribution in [2.75, 3.05) is 11.4 Å². The Morgan fingerprint density at radius 2 is 2.40 bits per heavy atom. The summed E-state index contributed by atoms with van der Waals surface area (Å²) in [7, 11) is 0.